The second-order valence-electron chi connectivity index (χ2n) is 7.12. The summed E-state index contributed by atoms with van der Waals surface area (Å²) < 4.78 is 29.7. The minimum atomic E-state index is -3.59. The van der Waals surface area contributed by atoms with Crippen molar-refractivity contribution < 1.29 is 8.42 Å². The third-order valence-corrected chi connectivity index (χ3v) is 6.49. The maximum absolute atomic E-state index is 12.7. The summed E-state index contributed by atoms with van der Waals surface area (Å²) >= 11 is 0. The van der Waals surface area contributed by atoms with Crippen LogP contribution in [-0.2, 0) is 10.0 Å². The number of nitrogens with one attached hydrogen (secondary N) is 1. The molecule has 29 heavy (non-hydrogen) atoms. The van der Waals surface area contributed by atoms with Gasteiger partial charge in [0.05, 0.1) is 10.6 Å². The van der Waals surface area contributed by atoms with Gasteiger partial charge in [-0.2, -0.15) is 9.61 Å². The van der Waals surface area contributed by atoms with Gasteiger partial charge in [0.25, 0.3) is 0 Å². The molecule has 0 aliphatic heterocycles. The van der Waals surface area contributed by atoms with Gasteiger partial charge in [0.1, 0.15) is 0 Å². The Balaban J connectivity index is 1.86. The molecule has 150 valence electrons. The maximum Gasteiger partial charge on any atom is 0.240 e. The molecular formula is C21H23N5O2S. The summed E-state index contributed by atoms with van der Waals surface area (Å²) in [5.41, 5.74) is 3.10. The van der Waals surface area contributed by atoms with Crippen LogP contribution in [0.3, 0.4) is 0 Å². The van der Waals surface area contributed by atoms with E-state index >= 15 is 0 Å². The Bertz CT molecular complexity index is 1310. The first-order valence-electron chi connectivity index (χ1n) is 9.64. The number of fused-ring (bicyclic) bond motifs is 3. The third kappa shape index (κ3) is 3.49. The molecule has 0 saturated heterocycles. The first-order valence-corrected chi connectivity index (χ1v) is 11.1. The first kappa shape index (κ1) is 19.5. The predicted octanol–water partition coefficient (Wildman–Crippen LogP) is 3.64. The second kappa shape index (κ2) is 7.53. The number of hydrogen-bond acceptors (Lipinski definition) is 5. The molecule has 0 fully saturated rings. The highest BCUT2D eigenvalue weighted by Crippen LogP contribution is 2.28. The van der Waals surface area contributed by atoms with Gasteiger partial charge in [-0.1, -0.05) is 43.7 Å². The van der Waals surface area contributed by atoms with Crippen LogP contribution < -0.4 is 4.72 Å². The molecule has 0 amide bonds. The van der Waals surface area contributed by atoms with Crippen molar-refractivity contribution in [2.45, 2.75) is 38.5 Å². The van der Waals surface area contributed by atoms with Crippen molar-refractivity contribution in [3.05, 3.63) is 53.7 Å². The SMILES string of the molecule is CCCCNS(=O)(=O)c1ccc(C)c(-c2nnc3c4ccccc4c(C)nn23)c1. The van der Waals surface area contributed by atoms with Crippen molar-refractivity contribution in [1.82, 2.24) is 24.5 Å². The molecular weight excluding hydrogens is 386 g/mol. The Morgan fingerprint density at radius 3 is 2.55 bits per heavy atom. The Hall–Kier alpha value is -2.84. The molecule has 4 rings (SSSR count). The average Bonchev–Trinajstić information content (AvgIpc) is 3.12. The van der Waals surface area contributed by atoms with Gasteiger partial charge in [0.15, 0.2) is 11.5 Å². The van der Waals surface area contributed by atoms with E-state index in [0.29, 0.717) is 23.6 Å². The fourth-order valence-corrected chi connectivity index (χ4v) is 4.48. The van der Waals surface area contributed by atoms with Crippen molar-refractivity contribution in [2.75, 3.05) is 6.54 Å². The molecule has 7 nitrogen and oxygen atoms in total. The minimum absolute atomic E-state index is 0.212. The zero-order valence-electron chi connectivity index (χ0n) is 16.7. The molecule has 0 unspecified atom stereocenters. The quantitative estimate of drug-likeness (QED) is 0.491. The van der Waals surface area contributed by atoms with Crippen molar-refractivity contribution >= 4 is 26.4 Å². The van der Waals surface area contributed by atoms with Gasteiger partial charge in [-0.05, 0) is 38.0 Å². The lowest BCUT2D eigenvalue weighted by Crippen LogP contribution is -2.24. The van der Waals surface area contributed by atoms with Crippen LogP contribution in [0.5, 0.6) is 0 Å². The lowest BCUT2D eigenvalue weighted by atomic mass is 10.1. The van der Waals surface area contributed by atoms with Crippen LogP contribution in [0.1, 0.15) is 31.0 Å². The van der Waals surface area contributed by atoms with Crippen LogP contribution in [-0.4, -0.2) is 34.8 Å². The Morgan fingerprint density at radius 2 is 1.79 bits per heavy atom. The highest BCUT2D eigenvalue weighted by molar-refractivity contribution is 7.89. The number of benzene rings is 2. The Morgan fingerprint density at radius 1 is 1.03 bits per heavy atom. The van der Waals surface area contributed by atoms with Crippen LogP contribution >= 0.6 is 0 Å². The summed E-state index contributed by atoms with van der Waals surface area (Å²) in [6.07, 6.45) is 1.72. The zero-order valence-corrected chi connectivity index (χ0v) is 17.5. The van der Waals surface area contributed by atoms with E-state index < -0.39 is 10.0 Å². The molecule has 2 aromatic heterocycles. The van der Waals surface area contributed by atoms with Gasteiger partial charge in [0.2, 0.25) is 10.0 Å². The summed E-state index contributed by atoms with van der Waals surface area (Å²) in [6, 6.07) is 13.0. The van der Waals surface area contributed by atoms with E-state index in [1.807, 2.05) is 45.0 Å². The zero-order chi connectivity index (χ0) is 20.6. The highest BCUT2D eigenvalue weighted by atomic mass is 32.2. The van der Waals surface area contributed by atoms with E-state index in [-0.39, 0.29) is 4.90 Å². The van der Waals surface area contributed by atoms with E-state index in [0.717, 1.165) is 34.9 Å². The number of nitrogens with zero attached hydrogens (tertiary/aromatic N) is 4. The first-order chi connectivity index (χ1) is 13.9. The number of aromatic nitrogens is 4. The molecule has 1 N–H and O–H groups in total. The summed E-state index contributed by atoms with van der Waals surface area (Å²) in [4.78, 5) is 0.212. The predicted molar refractivity (Wildman–Crippen MR) is 113 cm³/mol. The van der Waals surface area contributed by atoms with Gasteiger partial charge >= 0.3 is 0 Å². The minimum Gasteiger partial charge on any atom is -0.211 e. The van der Waals surface area contributed by atoms with Crippen molar-refractivity contribution in [3.8, 4) is 11.4 Å². The number of rotatable bonds is 6. The monoisotopic (exact) mass is 409 g/mol. The Kier molecular flexibility index (Phi) is 5.06. The number of hydrogen-bond donors (Lipinski definition) is 1. The molecule has 0 saturated carbocycles. The van der Waals surface area contributed by atoms with Crippen LogP contribution in [0.25, 0.3) is 27.8 Å². The Labute approximate surface area is 169 Å². The van der Waals surface area contributed by atoms with Gasteiger partial charge in [-0.25, -0.2) is 13.1 Å². The molecule has 0 radical (unpaired) electrons. The van der Waals surface area contributed by atoms with E-state index in [1.54, 1.807) is 22.7 Å². The molecule has 0 aliphatic carbocycles. The van der Waals surface area contributed by atoms with E-state index in [4.69, 9.17) is 0 Å². The van der Waals surface area contributed by atoms with E-state index in [1.165, 1.54) is 0 Å². The lowest BCUT2D eigenvalue weighted by molar-refractivity contribution is 0.578. The van der Waals surface area contributed by atoms with Gasteiger partial charge in [-0.15, -0.1) is 10.2 Å². The van der Waals surface area contributed by atoms with Crippen LogP contribution in [0.15, 0.2) is 47.4 Å². The molecule has 2 heterocycles. The molecule has 2 aromatic carbocycles. The topological polar surface area (TPSA) is 89.2 Å². The molecule has 0 spiro atoms. The summed E-state index contributed by atoms with van der Waals surface area (Å²) in [5, 5.41) is 15.3. The van der Waals surface area contributed by atoms with E-state index in [2.05, 4.69) is 20.0 Å². The molecule has 0 aliphatic rings. The summed E-state index contributed by atoms with van der Waals surface area (Å²) in [5.74, 6) is 0.525. The lowest BCUT2D eigenvalue weighted by Gasteiger charge is -2.10. The van der Waals surface area contributed by atoms with E-state index in [9.17, 15) is 8.42 Å². The summed E-state index contributed by atoms with van der Waals surface area (Å²) in [7, 11) is -3.59. The van der Waals surface area contributed by atoms with Crippen molar-refractivity contribution in [2.24, 2.45) is 0 Å². The second-order valence-corrected chi connectivity index (χ2v) is 8.89. The van der Waals surface area contributed by atoms with Crippen LogP contribution in [0, 0.1) is 13.8 Å². The smallest absolute Gasteiger partial charge is 0.211 e. The maximum atomic E-state index is 12.7. The highest BCUT2D eigenvalue weighted by Gasteiger charge is 2.19. The fourth-order valence-electron chi connectivity index (χ4n) is 3.38. The molecule has 0 atom stereocenters. The third-order valence-electron chi connectivity index (χ3n) is 5.03. The molecule has 8 heteroatoms. The largest absolute Gasteiger partial charge is 0.240 e. The standard InChI is InChI=1S/C21H23N5O2S/c1-4-5-12-22-29(27,28)16-11-10-14(2)19(13-16)21-24-23-20-18-9-7-6-8-17(18)15(3)25-26(20)21/h6-11,13,22H,4-5,12H2,1-3H3. The summed E-state index contributed by atoms with van der Waals surface area (Å²) in [6.45, 7) is 6.30. The molecule has 4 aromatic rings. The number of aryl methyl sites for hydroxylation is 2. The average molecular weight is 410 g/mol. The van der Waals surface area contributed by atoms with Gasteiger partial charge < -0.3 is 0 Å². The number of sulfonamides is 1. The molecule has 0 bridgehead atoms. The normalized spacial score (nSPS) is 12.1. The van der Waals surface area contributed by atoms with Crippen LogP contribution in [0.4, 0.5) is 0 Å². The van der Waals surface area contributed by atoms with Gasteiger partial charge in [-0.3, -0.25) is 0 Å². The van der Waals surface area contributed by atoms with Crippen molar-refractivity contribution in [1.29, 1.82) is 0 Å². The van der Waals surface area contributed by atoms with Gasteiger partial charge in [0, 0.05) is 22.9 Å². The van der Waals surface area contributed by atoms with Crippen LogP contribution in [0.2, 0.25) is 0 Å². The van der Waals surface area contributed by atoms with Crippen molar-refractivity contribution in [3.63, 3.8) is 0 Å². The fraction of sp³-hybridized carbons (Fsp3) is 0.286. The number of unbranched alkanes of at least 4 members (excludes halogenated alkanes) is 1.